The van der Waals surface area contributed by atoms with Crippen LogP contribution in [0.1, 0.15) is 68.4 Å². The second-order valence-electron chi connectivity index (χ2n) is 16.1. The van der Waals surface area contributed by atoms with E-state index in [4.69, 9.17) is 4.74 Å². The van der Waals surface area contributed by atoms with Crippen LogP contribution in [-0.4, -0.2) is 89.1 Å². The topological polar surface area (TPSA) is 111 Å². The maximum Gasteiger partial charge on any atom is 0.415 e. The molecule has 0 spiro atoms. The Balaban J connectivity index is 1.13. The first-order valence-corrected chi connectivity index (χ1v) is 20.3. The summed E-state index contributed by atoms with van der Waals surface area (Å²) in [7, 11) is 5.82. The highest BCUT2D eigenvalue weighted by atomic mass is 16.6. The summed E-state index contributed by atoms with van der Waals surface area (Å²) in [6.07, 6.45) is 3.62. The third-order valence-electron chi connectivity index (χ3n) is 11.9. The molecule has 0 radical (unpaired) electrons. The van der Waals surface area contributed by atoms with E-state index in [1.165, 1.54) is 5.56 Å². The number of carbonyl (C=O) groups is 3. The van der Waals surface area contributed by atoms with Crippen LogP contribution in [0.15, 0.2) is 91.0 Å². The molecule has 0 bridgehead atoms. The first-order valence-electron chi connectivity index (χ1n) is 20.3. The summed E-state index contributed by atoms with van der Waals surface area (Å²) in [6, 6.07) is 28.4. The van der Waals surface area contributed by atoms with Crippen LogP contribution in [0.25, 0.3) is 11.3 Å². The number of carbonyl (C=O) groups excluding carboxylic acids is 3. The lowest BCUT2D eigenvalue weighted by molar-refractivity contribution is 0.0658. The van der Waals surface area contributed by atoms with Gasteiger partial charge in [0.15, 0.2) is 0 Å². The van der Waals surface area contributed by atoms with Crippen LogP contribution in [0.3, 0.4) is 0 Å². The van der Waals surface area contributed by atoms with Gasteiger partial charge in [0.1, 0.15) is 11.5 Å². The number of fused-ring (bicyclic) bond motifs is 3. The lowest BCUT2D eigenvalue weighted by atomic mass is 9.90. The summed E-state index contributed by atoms with van der Waals surface area (Å²) in [5.74, 6) is 0.399. The molecule has 3 amide bonds. The van der Waals surface area contributed by atoms with Gasteiger partial charge in [-0.1, -0.05) is 24.3 Å². The smallest absolute Gasteiger partial charge is 0.415 e. The van der Waals surface area contributed by atoms with Crippen molar-refractivity contribution in [1.82, 2.24) is 19.3 Å². The van der Waals surface area contributed by atoms with Crippen molar-refractivity contribution in [1.29, 1.82) is 0 Å². The highest BCUT2D eigenvalue weighted by Crippen LogP contribution is 2.38. The Morgan fingerprint density at radius 2 is 1.57 bits per heavy atom. The molecule has 11 heteroatoms. The van der Waals surface area contributed by atoms with E-state index in [0.717, 1.165) is 84.6 Å². The Hall–Kier alpha value is -6.07. The minimum Gasteiger partial charge on any atom is -0.508 e. The van der Waals surface area contributed by atoms with Crippen molar-refractivity contribution in [3.05, 3.63) is 130 Å². The maximum absolute atomic E-state index is 15.0. The predicted molar refractivity (Wildman–Crippen MR) is 227 cm³/mol. The van der Waals surface area contributed by atoms with Crippen molar-refractivity contribution in [2.24, 2.45) is 0 Å². The molecule has 300 valence electrons. The van der Waals surface area contributed by atoms with Crippen LogP contribution in [0, 0.1) is 0 Å². The Morgan fingerprint density at radius 1 is 0.810 bits per heavy atom. The van der Waals surface area contributed by atoms with E-state index in [1.54, 1.807) is 53.2 Å². The second kappa shape index (κ2) is 16.4. The number of aromatic nitrogens is 1. The number of ether oxygens (including phenoxy) is 1. The highest BCUT2D eigenvalue weighted by Gasteiger charge is 2.34. The van der Waals surface area contributed by atoms with Crippen molar-refractivity contribution in [2.45, 2.75) is 64.7 Å². The summed E-state index contributed by atoms with van der Waals surface area (Å²) in [5.41, 5.74) is 9.84. The van der Waals surface area contributed by atoms with Gasteiger partial charge in [0.05, 0.1) is 5.56 Å². The number of benzene rings is 4. The van der Waals surface area contributed by atoms with Gasteiger partial charge in [-0.3, -0.25) is 9.59 Å². The number of hydrogen-bond donors (Lipinski definition) is 2. The molecule has 0 saturated heterocycles. The summed E-state index contributed by atoms with van der Waals surface area (Å²) in [6.45, 7) is 5.83. The summed E-state index contributed by atoms with van der Waals surface area (Å²) < 4.78 is 8.09. The predicted octanol–water partition coefficient (Wildman–Crippen LogP) is 7.59. The van der Waals surface area contributed by atoms with E-state index in [-0.39, 0.29) is 23.6 Å². The number of nitrogens with zero attached hydrogens (tertiary/aromatic N) is 5. The van der Waals surface area contributed by atoms with Crippen molar-refractivity contribution < 1.29 is 24.2 Å². The van der Waals surface area contributed by atoms with Gasteiger partial charge in [0.2, 0.25) is 0 Å². The number of likely N-dealkylation sites (N-methyl/N-ethyl adjacent to an activating group) is 1. The van der Waals surface area contributed by atoms with Crippen LogP contribution in [-0.2, 0) is 38.9 Å². The zero-order valence-corrected chi connectivity index (χ0v) is 33.8. The lowest BCUT2D eigenvalue weighted by Crippen LogP contribution is -2.43. The molecule has 1 aromatic heterocycles. The maximum atomic E-state index is 15.0. The number of anilines is 2. The van der Waals surface area contributed by atoms with Gasteiger partial charge in [-0.2, -0.15) is 0 Å². The van der Waals surface area contributed by atoms with Gasteiger partial charge >= 0.3 is 6.09 Å². The Bertz CT molecular complexity index is 2330. The average molecular weight is 781 g/mol. The molecule has 8 rings (SSSR count). The number of rotatable bonds is 9. The van der Waals surface area contributed by atoms with Crippen LogP contribution >= 0.6 is 0 Å². The fourth-order valence-corrected chi connectivity index (χ4v) is 8.55. The molecule has 4 heterocycles. The van der Waals surface area contributed by atoms with Crippen LogP contribution in [0.5, 0.6) is 11.5 Å². The molecule has 58 heavy (non-hydrogen) atoms. The number of phenols is 1. The fraction of sp³-hybridized carbons (Fsp3) is 0.340. The van der Waals surface area contributed by atoms with E-state index in [2.05, 4.69) is 46.0 Å². The first-order chi connectivity index (χ1) is 28.0. The standard InChI is InChI=1S/C47H52N6O5/c1-31-25-32-9-5-6-10-34(32)30-53(31)46(56)41-27-35-29-51(47(57)58-39-18-12-36(13-19-39)48-21-24-49(2)3)23-20-33(35)26-40(41)44-28-42(43-11-7-8-22-52(43)44)45(55)50(4)37-14-16-38(54)17-15-37/h5-6,9-10,12-19,26-28,31,48,54H,7-8,11,20-25,29-30H2,1-4H3/t31-/m1/s1. The van der Waals surface area contributed by atoms with E-state index >= 15 is 4.79 Å². The normalized spacial score (nSPS) is 16.0. The van der Waals surface area contributed by atoms with Crippen molar-refractivity contribution in [3.63, 3.8) is 0 Å². The minimum absolute atomic E-state index is 0.0235. The molecule has 0 fully saturated rings. The van der Waals surface area contributed by atoms with Crippen molar-refractivity contribution in [3.8, 4) is 22.8 Å². The number of hydrogen-bond acceptors (Lipinski definition) is 7. The van der Waals surface area contributed by atoms with Crippen molar-refractivity contribution >= 4 is 29.3 Å². The van der Waals surface area contributed by atoms with Crippen LogP contribution in [0.2, 0.25) is 0 Å². The molecule has 2 N–H and O–H groups in total. The molecule has 0 unspecified atom stereocenters. The summed E-state index contributed by atoms with van der Waals surface area (Å²) in [5, 5.41) is 13.3. The summed E-state index contributed by atoms with van der Waals surface area (Å²) in [4.78, 5) is 50.2. The molecule has 3 aliphatic heterocycles. The molecular formula is C47H52N6O5. The first kappa shape index (κ1) is 38.8. The zero-order valence-electron chi connectivity index (χ0n) is 33.8. The molecule has 11 nitrogen and oxygen atoms in total. The van der Waals surface area contributed by atoms with Crippen LogP contribution in [0.4, 0.5) is 16.2 Å². The molecular weight excluding hydrogens is 729 g/mol. The lowest BCUT2D eigenvalue weighted by Gasteiger charge is -2.36. The van der Waals surface area contributed by atoms with Crippen LogP contribution < -0.4 is 15.0 Å². The third-order valence-corrected chi connectivity index (χ3v) is 11.9. The summed E-state index contributed by atoms with van der Waals surface area (Å²) >= 11 is 0. The molecule has 5 aromatic rings. The largest absolute Gasteiger partial charge is 0.508 e. The quantitative estimate of drug-likeness (QED) is 0.159. The Labute approximate surface area is 340 Å². The highest BCUT2D eigenvalue weighted by molar-refractivity contribution is 6.08. The number of phenolic OH excluding ortho intramolecular Hbond substituents is 1. The molecule has 4 aromatic carbocycles. The molecule has 0 aliphatic carbocycles. The number of aromatic hydroxyl groups is 1. The van der Waals surface area contributed by atoms with Gasteiger partial charge in [-0.05, 0) is 142 Å². The van der Waals surface area contributed by atoms with Gasteiger partial charge in [-0.25, -0.2) is 4.79 Å². The minimum atomic E-state index is -0.432. The van der Waals surface area contributed by atoms with Crippen molar-refractivity contribution in [2.75, 3.05) is 51.0 Å². The van der Waals surface area contributed by atoms with Gasteiger partial charge < -0.3 is 39.3 Å². The second-order valence-corrected chi connectivity index (χ2v) is 16.1. The van der Waals surface area contributed by atoms with Gasteiger partial charge in [0, 0.05) is 86.2 Å². The van der Waals surface area contributed by atoms with E-state index < -0.39 is 6.09 Å². The van der Waals surface area contributed by atoms with E-state index in [1.807, 2.05) is 49.3 Å². The molecule has 1 atom stereocenters. The third kappa shape index (κ3) is 7.91. The fourth-order valence-electron chi connectivity index (χ4n) is 8.55. The zero-order chi connectivity index (χ0) is 40.5. The molecule has 3 aliphatic rings. The monoisotopic (exact) mass is 780 g/mol. The average Bonchev–Trinajstić information content (AvgIpc) is 3.62. The Morgan fingerprint density at radius 3 is 2.33 bits per heavy atom. The van der Waals surface area contributed by atoms with E-state index in [9.17, 15) is 14.7 Å². The van der Waals surface area contributed by atoms with Gasteiger partial charge in [0.25, 0.3) is 11.8 Å². The van der Waals surface area contributed by atoms with Gasteiger partial charge in [-0.15, -0.1) is 0 Å². The number of amides is 3. The Kier molecular flexibility index (Phi) is 11.0. The number of nitrogens with one attached hydrogen (secondary N) is 1. The SMILES string of the molecule is C[C@@H]1Cc2ccccc2CN1C(=O)c1cc2c(cc1-c1cc(C(=O)N(C)c3ccc(O)cc3)c3n1CCCC3)CCN(C(=O)Oc1ccc(NCCN(C)C)cc1)C2. The molecule has 0 saturated carbocycles. The van der Waals surface area contributed by atoms with E-state index in [0.29, 0.717) is 48.6 Å².